The second kappa shape index (κ2) is 7.24. The van der Waals surface area contributed by atoms with Gasteiger partial charge in [-0.05, 0) is 43.5 Å². The molecule has 0 saturated heterocycles. The number of nitrogens with one attached hydrogen (secondary N) is 1. The minimum Gasteiger partial charge on any atom is -0.360 e. The average Bonchev–Trinajstić information content (AvgIpc) is 3.26. The lowest BCUT2D eigenvalue weighted by Gasteiger charge is -2.05. The van der Waals surface area contributed by atoms with Crippen molar-refractivity contribution in [3.63, 3.8) is 0 Å². The third kappa shape index (κ3) is 3.16. The summed E-state index contributed by atoms with van der Waals surface area (Å²) >= 11 is 1.52. The van der Waals surface area contributed by atoms with Gasteiger partial charge in [-0.25, -0.2) is 4.98 Å². The summed E-state index contributed by atoms with van der Waals surface area (Å²) in [5.74, 6) is 0.511. The highest BCUT2D eigenvalue weighted by atomic mass is 32.2. The molecule has 2 aromatic carbocycles. The van der Waals surface area contributed by atoms with Crippen molar-refractivity contribution in [2.45, 2.75) is 38.9 Å². The molecule has 0 amide bonds. The van der Waals surface area contributed by atoms with Crippen LogP contribution < -0.4 is 0 Å². The maximum absolute atomic E-state index is 12.9. The highest BCUT2D eigenvalue weighted by molar-refractivity contribution is 7.99. The molecule has 0 bridgehead atoms. The Morgan fingerprint density at radius 2 is 2.11 bits per heavy atom. The molecule has 2 aromatic heterocycles. The lowest BCUT2D eigenvalue weighted by Crippen LogP contribution is -2.04. The second-order valence-corrected chi connectivity index (χ2v) is 7.68. The van der Waals surface area contributed by atoms with Crippen LogP contribution >= 0.6 is 11.8 Å². The predicted molar refractivity (Wildman–Crippen MR) is 115 cm³/mol. The Hall–Kier alpha value is -2.53. The number of rotatable bonds is 6. The largest absolute Gasteiger partial charge is 0.360 e. The fourth-order valence-corrected chi connectivity index (χ4v) is 4.55. The monoisotopic (exact) mass is 379 g/mol. The lowest BCUT2D eigenvalue weighted by atomic mass is 10.1. The van der Waals surface area contributed by atoms with E-state index < -0.39 is 0 Å². The number of carbonyl (C=O) groups is 1. The average molecular weight is 380 g/mol. The van der Waals surface area contributed by atoms with Crippen molar-refractivity contribution in [1.29, 1.82) is 0 Å². The number of hydrogen-bond acceptors (Lipinski definition) is 3. The van der Waals surface area contributed by atoms with Crippen LogP contribution in [-0.2, 0) is 13.0 Å². The molecule has 27 heavy (non-hydrogen) atoms. The van der Waals surface area contributed by atoms with Crippen LogP contribution in [0, 0.1) is 6.92 Å². The third-order valence-corrected chi connectivity index (χ3v) is 5.98. The Kier molecular flexibility index (Phi) is 4.79. The number of benzene rings is 2. The zero-order valence-corrected chi connectivity index (χ0v) is 16.7. The molecule has 0 fully saturated rings. The van der Waals surface area contributed by atoms with Crippen LogP contribution in [0.15, 0.2) is 47.8 Å². The van der Waals surface area contributed by atoms with E-state index in [4.69, 9.17) is 4.98 Å². The summed E-state index contributed by atoms with van der Waals surface area (Å²) in [7, 11) is 0. The molecule has 0 radical (unpaired) electrons. The van der Waals surface area contributed by atoms with Gasteiger partial charge in [0.05, 0.1) is 16.8 Å². The Bertz CT molecular complexity index is 1150. The summed E-state index contributed by atoms with van der Waals surface area (Å²) in [5.41, 5.74) is 6.39. The minimum atomic E-state index is 0. The van der Waals surface area contributed by atoms with E-state index in [1.807, 2.05) is 18.3 Å². The molecule has 0 atom stereocenters. The van der Waals surface area contributed by atoms with Crippen molar-refractivity contribution in [1.82, 2.24) is 14.5 Å². The maximum atomic E-state index is 12.9. The van der Waals surface area contributed by atoms with Gasteiger partial charge >= 0.3 is 0 Å². The van der Waals surface area contributed by atoms with Gasteiger partial charge in [-0.1, -0.05) is 43.0 Å². The number of carbonyl (C=O) groups excluding carboxylic acids is 1. The fourth-order valence-electron chi connectivity index (χ4n) is 3.58. The number of aromatic nitrogens is 3. The number of thioether (sulfide) groups is 1. The van der Waals surface area contributed by atoms with Crippen molar-refractivity contribution in [2.75, 3.05) is 5.75 Å². The van der Waals surface area contributed by atoms with Gasteiger partial charge in [0.15, 0.2) is 10.9 Å². The van der Waals surface area contributed by atoms with Gasteiger partial charge in [-0.2, -0.15) is 0 Å². The van der Waals surface area contributed by atoms with E-state index in [1.54, 1.807) is 0 Å². The zero-order chi connectivity index (χ0) is 19.0. The van der Waals surface area contributed by atoms with Crippen molar-refractivity contribution in [3.8, 4) is 0 Å². The minimum absolute atomic E-state index is 0. The number of para-hydroxylation sites is 1. The van der Waals surface area contributed by atoms with E-state index in [9.17, 15) is 4.79 Å². The summed E-state index contributed by atoms with van der Waals surface area (Å²) in [6.45, 7) is 7.15. The molecule has 4 rings (SSSR count). The number of fused-ring (bicyclic) bond motifs is 2. The number of aryl methyl sites for hydroxylation is 3. The Balaban J connectivity index is 0.00000225. The number of aromatic amines is 1. The van der Waals surface area contributed by atoms with Crippen LogP contribution in [0.1, 0.15) is 36.8 Å². The first-order chi connectivity index (χ1) is 13.1. The maximum Gasteiger partial charge on any atom is 0.175 e. The van der Waals surface area contributed by atoms with E-state index >= 15 is 0 Å². The normalized spacial score (nSPS) is 11.5. The number of hydrogen-bond donors (Lipinski definition) is 1. The number of Topliss-reactive ketones (excluding diaryl/α,β-unsaturated/α-hetero) is 1. The van der Waals surface area contributed by atoms with Crippen LogP contribution in [0.4, 0.5) is 0 Å². The topological polar surface area (TPSA) is 50.7 Å². The molecular weight excluding hydrogens is 354 g/mol. The molecular formula is C22H25N3OS. The summed E-state index contributed by atoms with van der Waals surface area (Å²) < 4.78 is 2.18. The molecule has 0 spiro atoms. The van der Waals surface area contributed by atoms with Gasteiger partial charge in [0.1, 0.15) is 0 Å². The van der Waals surface area contributed by atoms with Crippen LogP contribution in [0.5, 0.6) is 0 Å². The first kappa shape index (κ1) is 17.9. The molecule has 5 heteroatoms. The number of nitrogens with zero attached hydrogens (tertiary/aromatic N) is 2. The van der Waals surface area contributed by atoms with Crippen LogP contribution in [0.25, 0.3) is 21.9 Å². The van der Waals surface area contributed by atoms with E-state index in [1.165, 1.54) is 22.9 Å². The molecule has 0 aliphatic carbocycles. The van der Waals surface area contributed by atoms with Crippen LogP contribution in [-0.4, -0.2) is 26.1 Å². The van der Waals surface area contributed by atoms with Crippen molar-refractivity contribution < 1.29 is 6.22 Å². The van der Waals surface area contributed by atoms with Gasteiger partial charge in [-0.15, -0.1) is 0 Å². The van der Waals surface area contributed by atoms with Gasteiger partial charge in [-0.3, -0.25) is 4.79 Å². The first-order valence-electron chi connectivity index (χ1n) is 9.34. The lowest BCUT2D eigenvalue weighted by molar-refractivity contribution is 0.102. The molecule has 0 unspecified atom stereocenters. The second-order valence-electron chi connectivity index (χ2n) is 6.74. The summed E-state index contributed by atoms with van der Waals surface area (Å²) in [5, 5.41) is 1.92. The Morgan fingerprint density at radius 1 is 1.26 bits per heavy atom. The number of H-pyrrole nitrogens is 1. The van der Waals surface area contributed by atoms with E-state index in [-0.39, 0.29) is 7.21 Å². The van der Waals surface area contributed by atoms with Gasteiger partial charge in [0, 0.05) is 30.6 Å². The Labute approximate surface area is 164 Å². The third-order valence-electron chi connectivity index (χ3n) is 5.00. The summed E-state index contributed by atoms with van der Waals surface area (Å²) in [4.78, 5) is 20.9. The zero-order valence-electron chi connectivity index (χ0n) is 15.9. The standard InChI is InChI=1S/C22H23N3OS.H2/c1-4-15-7-6-8-16-17(12-23-21(15)16)20(26)13-27-22-24-18-11-14(3)9-10-19(18)25(22)5-2;/h6-12,23H,4-5,13H2,1-3H3;1H. The van der Waals surface area contributed by atoms with Gasteiger partial charge < -0.3 is 9.55 Å². The first-order valence-corrected chi connectivity index (χ1v) is 10.3. The molecule has 2 heterocycles. The summed E-state index contributed by atoms with van der Waals surface area (Å²) in [6, 6.07) is 12.5. The van der Waals surface area contributed by atoms with Crippen molar-refractivity contribution in [3.05, 3.63) is 59.3 Å². The van der Waals surface area contributed by atoms with E-state index in [2.05, 4.69) is 54.6 Å². The SMILES string of the molecule is CCc1cccc2c(C(=O)CSc3nc4cc(C)ccc4n3CC)c[nH]c12.[HH]. The molecule has 4 nitrogen and oxygen atoms in total. The van der Waals surface area contributed by atoms with E-state index in [0.717, 1.165) is 45.6 Å². The fraction of sp³-hybridized carbons (Fsp3) is 0.273. The molecule has 0 saturated carbocycles. The van der Waals surface area contributed by atoms with Gasteiger partial charge in [0.2, 0.25) is 0 Å². The van der Waals surface area contributed by atoms with Crippen LogP contribution in [0.2, 0.25) is 0 Å². The Morgan fingerprint density at radius 3 is 2.89 bits per heavy atom. The van der Waals surface area contributed by atoms with Crippen molar-refractivity contribution in [2.24, 2.45) is 0 Å². The van der Waals surface area contributed by atoms with Crippen LogP contribution in [0.3, 0.4) is 0 Å². The van der Waals surface area contributed by atoms with Gasteiger partial charge in [0.25, 0.3) is 0 Å². The quantitative estimate of drug-likeness (QED) is 0.349. The van der Waals surface area contributed by atoms with Crippen molar-refractivity contribution >= 4 is 39.5 Å². The molecule has 1 N–H and O–H groups in total. The highest BCUT2D eigenvalue weighted by Crippen LogP contribution is 2.27. The molecule has 0 aliphatic rings. The smallest absolute Gasteiger partial charge is 0.175 e. The highest BCUT2D eigenvalue weighted by Gasteiger charge is 2.16. The number of ketones is 1. The predicted octanol–water partition coefficient (Wildman–Crippen LogP) is 5.63. The molecule has 4 aromatic rings. The molecule has 0 aliphatic heterocycles. The number of imidazole rings is 1. The van der Waals surface area contributed by atoms with E-state index in [0.29, 0.717) is 5.75 Å². The summed E-state index contributed by atoms with van der Waals surface area (Å²) in [6.07, 6.45) is 2.79. The molecule has 140 valence electrons.